The molecular formula is C10H20O4. The van der Waals surface area contributed by atoms with Crippen molar-refractivity contribution in [2.75, 3.05) is 26.4 Å². The fourth-order valence-electron chi connectivity index (χ4n) is 1.96. The molecule has 4 heteroatoms. The highest BCUT2D eigenvalue weighted by atomic mass is 16.6. The van der Waals surface area contributed by atoms with Gasteiger partial charge in [-0.05, 0) is 19.8 Å². The van der Waals surface area contributed by atoms with Crippen LogP contribution in [-0.4, -0.2) is 48.8 Å². The van der Waals surface area contributed by atoms with Crippen molar-refractivity contribution in [3.8, 4) is 0 Å². The van der Waals surface area contributed by atoms with Gasteiger partial charge in [0.05, 0.1) is 18.8 Å². The van der Waals surface area contributed by atoms with Crippen LogP contribution in [0.15, 0.2) is 0 Å². The summed E-state index contributed by atoms with van der Waals surface area (Å²) >= 11 is 0. The van der Waals surface area contributed by atoms with Crippen LogP contribution < -0.4 is 0 Å². The van der Waals surface area contributed by atoms with E-state index in [1.54, 1.807) is 0 Å². The molecule has 1 fully saturated rings. The minimum Gasteiger partial charge on any atom is -0.396 e. The van der Waals surface area contributed by atoms with E-state index >= 15 is 0 Å². The first-order valence-corrected chi connectivity index (χ1v) is 5.28. The lowest BCUT2D eigenvalue weighted by Gasteiger charge is -2.21. The van der Waals surface area contributed by atoms with Crippen LogP contribution in [-0.2, 0) is 9.47 Å². The van der Waals surface area contributed by atoms with Gasteiger partial charge in [0, 0.05) is 25.7 Å². The molecule has 84 valence electrons. The molecule has 0 aromatic carbocycles. The van der Waals surface area contributed by atoms with Crippen LogP contribution in [0.3, 0.4) is 0 Å². The van der Waals surface area contributed by atoms with Gasteiger partial charge >= 0.3 is 0 Å². The summed E-state index contributed by atoms with van der Waals surface area (Å²) in [5, 5.41) is 17.7. The zero-order valence-electron chi connectivity index (χ0n) is 8.69. The van der Waals surface area contributed by atoms with Gasteiger partial charge in [0.15, 0.2) is 0 Å². The monoisotopic (exact) mass is 204 g/mol. The average Bonchev–Trinajstić information content (AvgIpc) is 2.52. The van der Waals surface area contributed by atoms with Crippen LogP contribution in [0.1, 0.15) is 19.8 Å². The Labute approximate surface area is 84.8 Å². The van der Waals surface area contributed by atoms with Crippen LogP contribution >= 0.6 is 0 Å². The largest absolute Gasteiger partial charge is 0.396 e. The summed E-state index contributed by atoms with van der Waals surface area (Å²) in [5.74, 6) is 0.275. The Hall–Kier alpha value is -0.160. The minimum absolute atomic E-state index is 0.00324. The van der Waals surface area contributed by atoms with Gasteiger partial charge in [-0.2, -0.15) is 0 Å². The maximum atomic E-state index is 8.87. The first kappa shape index (κ1) is 11.9. The van der Waals surface area contributed by atoms with E-state index in [2.05, 4.69) is 0 Å². The van der Waals surface area contributed by atoms with E-state index in [4.69, 9.17) is 19.7 Å². The summed E-state index contributed by atoms with van der Waals surface area (Å²) in [5.41, 5.74) is 0. The fourth-order valence-corrected chi connectivity index (χ4v) is 1.96. The summed E-state index contributed by atoms with van der Waals surface area (Å²) in [6.45, 7) is 3.53. The third kappa shape index (κ3) is 2.92. The van der Waals surface area contributed by atoms with E-state index in [0.29, 0.717) is 26.1 Å². The Morgan fingerprint density at radius 3 is 2.57 bits per heavy atom. The molecule has 1 rings (SSSR count). The Morgan fingerprint density at radius 2 is 2.00 bits per heavy atom. The van der Waals surface area contributed by atoms with E-state index in [9.17, 15) is 0 Å². The van der Waals surface area contributed by atoms with Crippen LogP contribution in [0.4, 0.5) is 0 Å². The van der Waals surface area contributed by atoms with Crippen molar-refractivity contribution in [1.82, 2.24) is 0 Å². The molecule has 1 unspecified atom stereocenters. The SMILES string of the molecule is CCO[C@H]1C(CCO)CO[C@@H]1CCO. The second kappa shape index (κ2) is 6.35. The molecule has 0 aromatic rings. The molecule has 1 heterocycles. The number of aliphatic hydroxyl groups is 2. The lowest BCUT2D eigenvalue weighted by molar-refractivity contribution is -0.0236. The number of hydrogen-bond acceptors (Lipinski definition) is 4. The van der Waals surface area contributed by atoms with E-state index in [1.165, 1.54) is 0 Å². The van der Waals surface area contributed by atoms with Crippen LogP contribution in [0.2, 0.25) is 0 Å². The number of aliphatic hydroxyl groups excluding tert-OH is 2. The first-order chi connectivity index (χ1) is 6.83. The number of rotatable bonds is 6. The molecule has 0 saturated carbocycles. The molecule has 3 atom stereocenters. The summed E-state index contributed by atoms with van der Waals surface area (Å²) in [7, 11) is 0. The lowest BCUT2D eigenvalue weighted by Crippen LogP contribution is -2.31. The maximum absolute atomic E-state index is 8.87. The second-order valence-corrected chi connectivity index (χ2v) is 3.58. The zero-order valence-corrected chi connectivity index (χ0v) is 8.69. The van der Waals surface area contributed by atoms with Gasteiger partial charge in [-0.1, -0.05) is 0 Å². The Morgan fingerprint density at radius 1 is 1.29 bits per heavy atom. The van der Waals surface area contributed by atoms with Crippen LogP contribution in [0, 0.1) is 5.92 Å². The standard InChI is InChI=1S/C10H20O4/c1-2-13-10-8(3-5-11)7-14-9(10)4-6-12/h8-12H,2-7H2,1H3/t8?,9-,10+/m1/s1. The molecule has 0 spiro atoms. The van der Waals surface area contributed by atoms with E-state index in [-0.39, 0.29) is 31.3 Å². The Kier molecular flexibility index (Phi) is 5.40. The summed E-state index contributed by atoms with van der Waals surface area (Å²) < 4.78 is 11.1. The minimum atomic E-state index is -0.00324. The third-order valence-electron chi connectivity index (χ3n) is 2.63. The molecule has 2 N–H and O–H groups in total. The average molecular weight is 204 g/mol. The molecule has 0 radical (unpaired) electrons. The molecule has 0 aromatic heterocycles. The Balaban J connectivity index is 2.45. The van der Waals surface area contributed by atoms with Gasteiger partial charge in [-0.25, -0.2) is 0 Å². The summed E-state index contributed by atoms with van der Waals surface area (Å²) in [4.78, 5) is 0. The predicted octanol–water partition coefficient (Wildman–Crippen LogP) is 0.171. The van der Waals surface area contributed by atoms with Crippen LogP contribution in [0.25, 0.3) is 0 Å². The van der Waals surface area contributed by atoms with Gasteiger partial charge in [-0.3, -0.25) is 0 Å². The van der Waals surface area contributed by atoms with E-state index in [1.807, 2.05) is 6.92 Å². The van der Waals surface area contributed by atoms with Crippen molar-refractivity contribution in [1.29, 1.82) is 0 Å². The third-order valence-corrected chi connectivity index (χ3v) is 2.63. The molecule has 0 amide bonds. The molecule has 14 heavy (non-hydrogen) atoms. The molecule has 1 saturated heterocycles. The summed E-state index contributed by atoms with van der Waals surface area (Å²) in [6.07, 6.45) is 1.37. The fraction of sp³-hybridized carbons (Fsp3) is 1.00. The first-order valence-electron chi connectivity index (χ1n) is 5.28. The van der Waals surface area contributed by atoms with Crippen molar-refractivity contribution in [2.45, 2.75) is 32.0 Å². The molecule has 1 aliphatic rings. The molecular weight excluding hydrogens is 184 g/mol. The topological polar surface area (TPSA) is 58.9 Å². The van der Waals surface area contributed by atoms with Gasteiger partial charge in [0.25, 0.3) is 0 Å². The van der Waals surface area contributed by atoms with Crippen molar-refractivity contribution >= 4 is 0 Å². The molecule has 0 aliphatic carbocycles. The predicted molar refractivity (Wildman–Crippen MR) is 52.0 cm³/mol. The van der Waals surface area contributed by atoms with Crippen molar-refractivity contribution in [3.63, 3.8) is 0 Å². The van der Waals surface area contributed by atoms with Crippen molar-refractivity contribution < 1.29 is 19.7 Å². The van der Waals surface area contributed by atoms with Gasteiger partial charge in [-0.15, -0.1) is 0 Å². The highest BCUT2D eigenvalue weighted by molar-refractivity contribution is 4.84. The molecule has 1 aliphatic heterocycles. The smallest absolute Gasteiger partial charge is 0.0888 e. The highest BCUT2D eigenvalue weighted by Crippen LogP contribution is 2.27. The maximum Gasteiger partial charge on any atom is 0.0888 e. The van der Waals surface area contributed by atoms with Gasteiger partial charge in [0.1, 0.15) is 0 Å². The number of ether oxygens (including phenoxy) is 2. The molecule has 4 nitrogen and oxygen atoms in total. The second-order valence-electron chi connectivity index (χ2n) is 3.58. The molecule has 0 bridgehead atoms. The van der Waals surface area contributed by atoms with Gasteiger partial charge < -0.3 is 19.7 Å². The summed E-state index contributed by atoms with van der Waals surface area (Å²) in [6, 6.07) is 0. The van der Waals surface area contributed by atoms with Crippen molar-refractivity contribution in [2.24, 2.45) is 5.92 Å². The lowest BCUT2D eigenvalue weighted by atomic mass is 9.97. The Bertz CT molecular complexity index is 137. The van der Waals surface area contributed by atoms with E-state index < -0.39 is 0 Å². The van der Waals surface area contributed by atoms with Crippen LogP contribution in [0.5, 0.6) is 0 Å². The van der Waals surface area contributed by atoms with Gasteiger partial charge in [0.2, 0.25) is 0 Å². The number of hydrogen-bond donors (Lipinski definition) is 2. The normalized spacial score (nSPS) is 32.4. The quantitative estimate of drug-likeness (QED) is 0.647. The zero-order chi connectivity index (χ0) is 10.4. The highest BCUT2D eigenvalue weighted by Gasteiger charge is 2.36. The van der Waals surface area contributed by atoms with E-state index in [0.717, 1.165) is 0 Å². The van der Waals surface area contributed by atoms with Crippen molar-refractivity contribution in [3.05, 3.63) is 0 Å².